The van der Waals surface area contributed by atoms with Crippen LogP contribution in [0.2, 0.25) is 0 Å². The Morgan fingerprint density at radius 1 is 1.23 bits per heavy atom. The smallest absolute Gasteiger partial charge is 0.0829 e. The molecule has 1 heterocycles. The highest BCUT2D eigenvalue weighted by molar-refractivity contribution is 5.18. The fourth-order valence-corrected chi connectivity index (χ4v) is 1.92. The Morgan fingerprint density at radius 2 is 2.00 bits per heavy atom. The summed E-state index contributed by atoms with van der Waals surface area (Å²) in [4.78, 5) is 0. The second kappa shape index (κ2) is 3.93. The lowest BCUT2D eigenvalue weighted by Crippen LogP contribution is -2.04. The molecule has 1 heteroatoms. The monoisotopic (exact) mass is 176 g/mol. The van der Waals surface area contributed by atoms with Crippen molar-refractivity contribution in [3.05, 3.63) is 35.9 Å². The number of hydrogen-bond donors (Lipinski definition) is 0. The van der Waals surface area contributed by atoms with Crippen LogP contribution in [0.25, 0.3) is 0 Å². The van der Waals surface area contributed by atoms with Crippen molar-refractivity contribution in [1.82, 2.24) is 0 Å². The van der Waals surface area contributed by atoms with Gasteiger partial charge in [-0.15, -0.1) is 0 Å². The van der Waals surface area contributed by atoms with E-state index in [9.17, 15) is 0 Å². The average Bonchev–Trinajstić information content (AvgIpc) is 2.67. The molecule has 1 nitrogen and oxygen atoms in total. The summed E-state index contributed by atoms with van der Waals surface area (Å²) in [7, 11) is 0. The highest BCUT2D eigenvalue weighted by atomic mass is 16.5. The Balaban J connectivity index is 2.04. The number of hydrogen-bond acceptors (Lipinski definition) is 1. The molecule has 0 amide bonds. The lowest BCUT2D eigenvalue weighted by molar-refractivity contribution is 0.0428. The topological polar surface area (TPSA) is 9.23 Å². The quantitative estimate of drug-likeness (QED) is 0.671. The average molecular weight is 176 g/mol. The number of benzene rings is 1. The first-order valence-corrected chi connectivity index (χ1v) is 5.10. The van der Waals surface area contributed by atoms with E-state index in [1.165, 1.54) is 18.4 Å². The van der Waals surface area contributed by atoms with Gasteiger partial charge < -0.3 is 4.74 Å². The van der Waals surface area contributed by atoms with Gasteiger partial charge in [0, 0.05) is 0 Å². The molecular weight excluding hydrogens is 160 g/mol. The van der Waals surface area contributed by atoms with E-state index in [1.54, 1.807) is 0 Å². The minimum absolute atomic E-state index is 0.353. The van der Waals surface area contributed by atoms with Crippen LogP contribution in [0.3, 0.4) is 0 Å². The van der Waals surface area contributed by atoms with Gasteiger partial charge in [-0.2, -0.15) is 0 Å². The predicted molar refractivity (Wildman–Crippen MR) is 53.6 cm³/mol. The molecule has 0 aliphatic carbocycles. The first-order valence-electron chi connectivity index (χ1n) is 5.10. The van der Waals surface area contributed by atoms with E-state index in [2.05, 4.69) is 37.3 Å². The minimum Gasteiger partial charge on any atom is -0.370 e. The Kier molecular flexibility index (Phi) is 2.65. The normalized spacial score (nSPS) is 27.8. The minimum atomic E-state index is 0.353. The number of ether oxygens (including phenoxy) is 1. The van der Waals surface area contributed by atoms with Crippen molar-refractivity contribution in [1.29, 1.82) is 0 Å². The molecule has 1 saturated heterocycles. The lowest BCUT2D eigenvalue weighted by atomic mass is 10.1. The molecular formula is C12H16O. The first-order chi connectivity index (χ1) is 6.40. The third kappa shape index (κ3) is 1.92. The zero-order chi connectivity index (χ0) is 9.10. The molecule has 0 aromatic heterocycles. The molecule has 0 N–H and O–H groups in total. The van der Waals surface area contributed by atoms with Crippen molar-refractivity contribution in [2.45, 2.75) is 38.4 Å². The summed E-state index contributed by atoms with van der Waals surface area (Å²) in [6, 6.07) is 10.5. The maximum atomic E-state index is 5.90. The maximum Gasteiger partial charge on any atom is 0.0829 e. The van der Waals surface area contributed by atoms with Crippen molar-refractivity contribution in [2.24, 2.45) is 0 Å². The fraction of sp³-hybridized carbons (Fsp3) is 0.500. The molecule has 1 aliphatic rings. The van der Waals surface area contributed by atoms with Crippen LogP contribution in [0.5, 0.6) is 0 Å². The molecule has 0 radical (unpaired) electrons. The molecule has 70 valence electrons. The predicted octanol–water partition coefficient (Wildman–Crippen LogP) is 3.32. The summed E-state index contributed by atoms with van der Waals surface area (Å²) in [6.45, 7) is 2.19. The van der Waals surface area contributed by atoms with Crippen LogP contribution < -0.4 is 0 Å². The Labute approximate surface area is 79.7 Å². The van der Waals surface area contributed by atoms with Gasteiger partial charge >= 0.3 is 0 Å². The molecule has 13 heavy (non-hydrogen) atoms. The van der Waals surface area contributed by atoms with E-state index in [4.69, 9.17) is 4.74 Å². The van der Waals surface area contributed by atoms with Gasteiger partial charge in [-0.1, -0.05) is 37.3 Å². The van der Waals surface area contributed by atoms with Gasteiger partial charge in [0.15, 0.2) is 0 Å². The van der Waals surface area contributed by atoms with Gasteiger partial charge in [0.2, 0.25) is 0 Å². The molecule has 1 aliphatic heterocycles. The van der Waals surface area contributed by atoms with Crippen LogP contribution in [0.4, 0.5) is 0 Å². The van der Waals surface area contributed by atoms with Crippen molar-refractivity contribution < 1.29 is 4.74 Å². The second-order valence-electron chi connectivity index (χ2n) is 3.64. The van der Waals surface area contributed by atoms with Crippen LogP contribution in [-0.4, -0.2) is 6.10 Å². The van der Waals surface area contributed by atoms with Crippen molar-refractivity contribution in [3.63, 3.8) is 0 Å². The summed E-state index contributed by atoms with van der Waals surface area (Å²) in [6.07, 6.45) is 4.39. The summed E-state index contributed by atoms with van der Waals surface area (Å²) < 4.78 is 5.90. The molecule has 2 atom stereocenters. The molecule has 1 aromatic rings. The van der Waals surface area contributed by atoms with E-state index >= 15 is 0 Å². The molecule has 2 unspecified atom stereocenters. The summed E-state index contributed by atoms with van der Waals surface area (Å²) in [5.74, 6) is 0. The lowest BCUT2D eigenvalue weighted by Gasteiger charge is -2.12. The second-order valence-corrected chi connectivity index (χ2v) is 3.64. The van der Waals surface area contributed by atoms with Gasteiger partial charge in [-0.25, -0.2) is 0 Å². The summed E-state index contributed by atoms with van der Waals surface area (Å²) in [5, 5.41) is 0. The maximum absolute atomic E-state index is 5.90. The van der Waals surface area contributed by atoms with Crippen LogP contribution in [0, 0.1) is 0 Å². The van der Waals surface area contributed by atoms with Crippen LogP contribution in [-0.2, 0) is 4.74 Å². The fourth-order valence-electron chi connectivity index (χ4n) is 1.92. The summed E-state index contributed by atoms with van der Waals surface area (Å²) >= 11 is 0. The van der Waals surface area contributed by atoms with Crippen LogP contribution in [0.1, 0.15) is 37.9 Å². The Morgan fingerprint density at radius 3 is 2.62 bits per heavy atom. The van der Waals surface area contributed by atoms with E-state index in [0.717, 1.165) is 6.42 Å². The molecule has 0 bridgehead atoms. The van der Waals surface area contributed by atoms with Crippen LogP contribution >= 0.6 is 0 Å². The van der Waals surface area contributed by atoms with E-state index in [0.29, 0.717) is 12.2 Å². The third-order valence-electron chi connectivity index (χ3n) is 2.73. The van der Waals surface area contributed by atoms with E-state index < -0.39 is 0 Å². The standard InChI is InChI=1S/C12H16O/c1-2-11-8-9-12(13-11)10-6-4-3-5-7-10/h3-7,11-12H,2,8-9H2,1H3. The SMILES string of the molecule is CCC1CCC(c2ccccc2)O1. The van der Waals surface area contributed by atoms with Gasteiger partial charge in [-0.3, -0.25) is 0 Å². The Bertz CT molecular complexity index is 255. The van der Waals surface area contributed by atoms with E-state index in [-0.39, 0.29) is 0 Å². The molecule has 2 rings (SSSR count). The van der Waals surface area contributed by atoms with Crippen molar-refractivity contribution in [2.75, 3.05) is 0 Å². The van der Waals surface area contributed by atoms with Crippen molar-refractivity contribution >= 4 is 0 Å². The number of rotatable bonds is 2. The zero-order valence-corrected chi connectivity index (χ0v) is 8.07. The van der Waals surface area contributed by atoms with Gasteiger partial charge in [0.05, 0.1) is 12.2 Å². The molecule has 0 saturated carbocycles. The molecule has 1 aromatic carbocycles. The largest absolute Gasteiger partial charge is 0.370 e. The highest BCUT2D eigenvalue weighted by Gasteiger charge is 2.24. The third-order valence-corrected chi connectivity index (χ3v) is 2.73. The zero-order valence-electron chi connectivity index (χ0n) is 8.07. The molecule has 1 fully saturated rings. The summed E-state index contributed by atoms with van der Waals surface area (Å²) in [5.41, 5.74) is 1.33. The van der Waals surface area contributed by atoms with Gasteiger partial charge in [0.25, 0.3) is 0 Å². The Hall–Kier alpha value is -0.820. The van der Waals surface area contributed by atoms with Crippen LogP contribution in [0.15, 0.2) is 30.3 Å². The molecule has 0 spiro atoms. The van der Waals surface area contributed by atoms with Crippen molar-refractivity contribution in [3.8, 4) is 0 Å². The highest BCUT2D eigenvalue weighted by Crippen LogP contribution is 2.33. The first kappa shape index (κ1) is 8.76. The van der Waals surface area contributed by atoms with Gasteiger partial charge in [-0.05, 0) is 24.8 Å². The van der Waals surface area contributed by atoms with Gasteiger partial charge in [0.1, 0.15) is 0 Å². The van der Waals surface area contributed by atoms with E-state index in [1.807, 2.05) is 0 Å².